The highest BCUT2D eigenvalue weighted by atomic mass is 19.1. The predicted molar refractivity (Wildman–Crippen MR) is 60.0 cm³/mol. The molecule has 17 heavy (non-hydrogen) atoms. The van der Waals surface area contributed by atoms with Crippen LogP contribution in [-0.4, -0.2) is 7.05 Å². The molecule has 0 radical (unpaired) electrons. The summed E-state index contributed by atoms with van der Waals surface area (Å²) in [5.74, 6) is -1.84. The lowest BCUT2D eigenvalue weighted by Crippen LogP contribution is -2.27. The van der Waals surface area contributed by atoms with Crippen molar-refractivity contribution in [1.29, 1.82) is 0 Å². The van der Waals surface area contributed by atoms with E-state index in [-0.39, 0.29) is 11.5 Å². The molecule has 0 aromatic heterocycles. The summed E-state index contributed by atoms with van der Waals surface area (Å²) in [6, 6.07) is 1.08. The van der Waals surface area contributed by atoms with E-state index in [0.717, 1.165) is 25.0 Å². The fourth-order valence-electron chi connectivity index (χ4n) is 2.41. The van der Waals surface area contributed by atoms with Crippen molar-refractivity contribution >= 4 is 0 Å². The highest BCUT2D eigenvalue weighted by Crippen LogP contribution is 2.43. The Labute approximate surface area is 99.0 Å². The molecule has 1 nitrogen and oxygen atoms in total. The van der Waals surface area contributed by atoms with Crippen LogP contribution in [0.15, 0.2) is 12.1 Å². The van der Waals surface area contributed by atoms with E-state index in [1.807, 2.05) is 6.92 Å². The lowest BCUT2D eigenvalue weighted by molar-refractivity contribution is 0.345. The van der Waals surface area contributed by atoms with Crippen molar-refractivity contribution in [1.82, 2.24) is 5.32 Å². The van der Waals surface area contributed by atoms with Crippen LogP contribution >= 0.6 is 0 Å². The van der Waals surface area contributed by atoms with Crippen molar-refractivity contribution in [3.05, 3.63) is 35.1 Å². The van der Waals surface area contributed by atoms with Gasteiger partial charge in [0, 0.05) is 23.7 Å². The maximum Gasteiger partial charge on any atom is 0.133 e. The molecule has 0 saturated heterocycles. The van der Waals surface area contributed by atoms with Crippen LogP contribution in [0.3, 0.4) is 0 Å². The molecule has 1 aliphatic rings. The van der Waals surface area contributed by atoms with Crippen molar-refractivity contribution in [3.63, 3.8) is 0 Å². The first-order valence-electron chi connectivity index (χ1n) is 5.86. The summed E-state index contributed by atoms with van der Waals surface area (Å²) in [6.45, 7) is 1.97. The van der Waals surface area contributed by atoms with E-state index in [2.05, 4.69) is 5.32 Å². The van der Waals surface area contributed by atoms with Crippen molar-refractivity contribution in [2.75, 3.05) is 7.05 Å². The Bertz CT molecular complexity index is 392. The Hall–Kier alpha value is -1.03. The minimum atomic E-state index is -0.877. The first-order valence-corrected chi connectivity index (χ1v) is 5.86. The van der Waals surface area contributed by atoms with Crippen molar-refractivity contribution in [2.45, 2.75) is 25.8 Å². The van der Waals surface area contributed by atoms with Crippen LogP contribution in [0, 0.1) is 29.3 Å². The summed E-state index contributed by atoms with van der Waals surface area (Å²) < 4.78 is 40.2. The summed E-state index contributed by atoms with van der Waals surface area (Å²) in [4.78, 5) is 0. The fraction of sp³-hybridized carbons (Fsp3) is 0.538. The highest BCUT2D eigenvalue weighted by molar-refractivity contribution is 5.25. The van der Waals surface area contributed by atoms with Gasteiger partial charge >= 0.3 is 0 Å². The lowest BCUT2D eigenvalue weighted by Gasteiger charge is -2.24. The molecule has 2 unspecified atom stereocenters. The van der Waals surface area contributed by atoms with Gasteiger partial charge in [0.2, 0.25) is 0 Å². The topological polar surface area (TPSA) is 12.0 Å². The molecule has 1 N–H and O–H groups in total. The summed E-state index contributed by atoms with van der Waals surface area (Å²) in [5, 5.41) is 2.94. The largest absolute Gasteiger partial charge is 0.313 e. The Morgan fingerprint density at radius 3 is 2.12 bits per heavy atom. The van der Waals surface area contributed by atoms with Crippen LogP contribution in [0.1, 0.15) is 31.4 Å². The van der Waals surface area contributed by atoms with E-state index in [9.17, 15) is 13.2 Å². The molecule has 2 atom stereocenters. The van der Waals surface area contributed by atoms with Crippen molar-refractivity contribution in [2.24, 2.45) is 11.8 Å². The van der Waals surface area contributed by atoms with Crippen LogP contribution in [-0.2, 0) is 0 Å². The van der Waals surface area contributed by atoms with Crippen LogP contribution in [0.2, 0.25) is 0 Å². The molecule has 1 fully saturated rings. The Kier molecular flexibility index (Phi) is 3.43. The number of rotatable bonds is 4. The molecule has 1 saturated carbocycles. The first kappa shape index (κ1) is 12.4. The number of nitrogens with one attached hydrogen (secondary N) is 1. The number of hydrogen-bond acceptors (Lipinski definition) is 1. The Morgan fingerprint density at radius 1 is 1.18 bits per heavy atom. The predicted octanol–water partition coefficient (Wildman–Crippen LogP) is 3.41. The number of hydrogen-bond donors (Lipinski definition) is 1. The molecule has 4 heteroatoms. The van der Waals surface area contributed by atoms with Gasteiger partial charge in [-0.05, 0) is 31.7 Å². The van der Waals surface area contributed by atoms with Gasteiger partial charge in [-0.3, -0.25) is 0 Å². The van der Waals surface area contributed by atoms with E-state index < -0.39 is 23.5 Å². The molecule has 0 spiro atoms. The normalized spacial score (nSPS) is 19.1. The van der Waals surface area contributed by atoms with Gasteiger partial charge in [-0.1, -0.05) is 6.92 Å². The smallest absolute Gasteiger partial charge is 0.133 e. The zero-order valence-corrected chi connectivity index (χ0v) is 9.93. The van der Waals surface area contributed by atoms with Gasteiger partial charge in [0.25, 0.3) is 0 Å². The van der Waals surface area contributed by atoms with Crippen LogP contribution in [0.25, 0.3) is 0 Å². The second-order valence-corrected chi connectivity index (χ2v) is 4.75. The summed E-state index contributed by atoms with van der Waals surface area (Å²) in [7, 11) is 1.67. The molecule has 0 aliphatic heterocycles. The fourth-order valence-corrected chi connectivity index (χ4v) is 2.41. The number of benzene rings is 1. The minimum Gasteiger partial charge on any atom is -0.313 e. The molecule has 0 bridgehead atoms. The summed E-state index contributed by atoms with van der Waals surface area (Å²) in [5.41, 5.74) is -0.0479. The third-order valence-corrected chi connectivity index (χ3v) is 3.56. The molecule has 0 heterocycles. The standard InChI is InChI=1S/C13H16F3N/c1-7(8-3-4-8)13(17-2)12-10(15)5-9(14)6-11(12)16/h5-8,13,17H,3-4H2,1-2H3. The second-order valence-electron chi connectivity index (χ2n) is 4.75. The van der Waals surface area contributed by atoms with E-state index in [4.69, 9.17) is 0 Å². The molecule has 0 amide bonds. The van der Waals surface area contributed by atoms with Gasteiger partial charge in [0.1, 0.15) is 17.5 Å². The zero-order valence-electron chi connectivity index (χ0n) is 9.93. The summed E-state index contributed by atoms with van der Waals surface area (Å²) in [6.07, 6.45) is 2.20. The average Bonchev–Trinajstić information content (AvgIpc) is 3.05. The van der Waals surface area contributed by atoms with Gasteiger partial charge < -0.3 is 5.32 Å². The quantitative estimate of drug-likeness (QED) is 0.854. The Balaban J connectivity index is 2.35. The van der Waals surface area contributed by atoms with E-state index in [0.29, 0.717) is 5.92 Å². The average molecular weight is 243 g/mol. The number of halogens is 3. The van der Waals surface area contributed by atoms with E-state index >= 15 is 0 Å². The summed E-state index contributed by atoms with van der Waals surface area (Å²) >= 11 is 0. The van der Waals surface area contributed by atoms with Gasteiger partial charge in [-0.25, -0.2) is 13.2 Å². The van der Waals surface area contributed by atoms with E-state index in [1.54, 1.807) is 7.05 Å². The van der Waals surface area contributed by atoms with Gasteiger partial charge in [-0.15, -0.1) is 0 Å². The van der Waals surface area contributed by atoms with Crippen LogP contribution in [0.5, 0.6) is 0 Å². The molecular weight excluding hydrogens is 227 g/mol. The SMILES string of the molecule is CNC(c1c(F)cc(F)cc1F)C(C)C1CC1. The third-order valence-electron chi connectivity index (χ3n) is 3.56. The van der Waals surface area contributed by atoms with Gasteiger partial charge in [0.15, 0.2) is 0 Å². The molecular formula is C13H16F3N. The molecule has 1 aromatic rings. The van der Waals surface area contributed by atoms with Gasteiger partial charge in [0.05, 0.1) is 0 Å². The maximum absolute atomic E-state index is 13.7. The highest BCUT2D eigenvalue weighted by Gasteiger charge is 2.35. The maximum atomic E-state index is 13.7. The van der Waals surface area contributed by atoms with Gasteiger partial charge in [-0.2, -0.15) is 0 Å². The second kappa shape index (κ2) is 4.69. The monoisotopic (exact) mass is 243 g/mol. The van der Waals surface area contributed by atoms with Crippen molar-refractivity contribution < 1.29 is 13.2 Å². The molecule has 1 aliphatic carbocycles. The minimum absolute atomic E-state index is 0.0479. The zero-order chi connectivity index (χ0) is 12.6. The van der Waals surface area contributed by atoms with Crippen LogP contribution in [0.4, 0.5) is 13.2 Å². The molecule has 1 aromatic carbocycles. The molecule has 94 valence electrons. The van der Waals surface area contributed by atoms with E-state index in [1.165, 1.54) is 0 Å². The molecule has 2 rings (SSSR count). The third kappa shape index (κ3) is 2.46. The van der Waals surface area contributed by atoms with Crippen molar-refractivity contribution in [3.8, 4) is 0 Å². The van der Waals surface area contributed by atoms with Crippen LogP contribution < -0.4 is 5.32 Å². The lowest BCUT2D eigenvalue weighted by atomic mass is 9.90. The Morgan fingerprint density at radius 2 is 1.71 bits per heavy atom. The first-order chi connectivity index (χ1) is 8.04.